The zero-order valence-corrected chi connectivity index (χ0v) is 16.8. The highest BCUT2D eigenvalue weighted by molar-refractivity contribution is 9.10. The van der Waals surface area contributed by atoms with E-state index in [2.05, 4.69) is 26.5 Å². The molecule has 8 heteroatoms. The minimum Gasteiger partial charge on any atom is -0.488 e. The molecule has 0 aliphatic carbocycles. The van der Waals surface area contributed by atoms with Crippen LogP contribution in [-0.2, 0) is 16.1 Å². The fraction of sp³-hybridized carbons (Fsp3) is 0.300. The zero-order chi connectivity index (χ0) is 19.8. The summed E-state index contributed by atoms with van der Waals surface area (Å²) < 4.78 is 25.3. The van der Waals surface area contributed by atoms with E-state index in [4.69, 9.17) is 9.47 Å². The molecule has 1 aliphatic heterocycles. The van der Waals surface area contributed by atoms with Crippen LogP contribution in [0.3, 0.4) is 0 Å². The summed E-state index contributed by atoms with van der Waals surface area (Å²) in [4.78, 5) is 13.9. The molecule has 0 aromatic heterocycles. The van der Waals surface area contributed by atoms with Crippen LogP contribution in [0.5, 0.6) is 5.75 Å². The third-order valence-electron chi connectivity index (χ3n) is 4.17. The second kappa shape index (κ2) is 10.3. The van der Waals surface area contributed by atoms with Gasteiger partial charge in [-0.15, -0.1) is 0 Å². The summed E-state index contributed by atoms with van der Waals surface area (Å²) in [7, 11) is 0. The minimum absolute atomic E-state index is 0.135. The van der Waals surface area contributed by atoms with Crippen molar-refractivity contribution in [3.05, 3.63) is 63.9 Å². The van der Waals surface area contributed by atoms with E-state index in [-0.39, 0.29) is 18.3 Å². The molecule has 148 valence electrons. The highest BCUT2D eigenvalue weighted by atomic mass is 79.9. The molecular formula is C20H21BrFN3O3. The number of morpholine rings is 1. The maximum Gasteiger partial charge on any atom is 0.254 e. The molecule has 1 heterocycles. The van der Waals surface area contributed by atoms with E-state index in [1.54, 1.807) is 36.5 Å². The molecule has 1 amide bonds. The number of benzene rings is 2. The fourth-order valence-corrected chi connectivity index (χ4v) is 3.17. The van der Waals surface area contributed by atoms with E-state index in [0.717, 1.165) is 18.7 Å². The van der Waals surface area contributed by atoms with Crippen LogP contribution < -0.4 is 10.2 Å². The monoisotopic (exact) mass is 449 g/mol. The number of carbonyl (C=O) groups excluding carboxylic acids is 1. The maximum absolute atomic E-state index is 13.7. The molecule has 1 aliphatic rings. The SMILES string of the molecule is O=C(CN1CCOCC1)N/N=C/c1ccc(OCc2ccccc2F)c(Br)c1. The van der Waals surface area contributed by atoms with Gasteiger partial charge >= 0.3 is 0 Å². The van der Waals surface area contributed by atoms with E-state index in [9.17, 15) is 9.18 Å². The number of hydrogen-bond acceptors (Lipinski definition) is 5. The van der Waals surface area contributed by atoms with Gasteiger partial charge in [0.05, 0.1) is 30.4 Å². The lowest BCUT2D eigenvalue weighted by atomic mass is 10.2. The van der Waals surface area contributed by atoms with Gasteiger partial charge in [0.25, 0.3) is 5.91 Å². The van der Waals surface area contributed by atoms with Gasteiger partial charge in [-0.2, -0.15) is 5.10 Å². The van der Waals surface area contributed by atoms with Crippen LogP contribution >= 0.6 is 15.9 Å². The Hall–Kier alpha value is -2.29. The molecule has 0 bridgehead atoms. The standard InChI is InChI=1S/C20H21BrFN3O3/c21-17-11-15(12-23-24-20(26)13-25-7-9-27-10-8-25)5-6-19(17)28-14-16-3-1-2-4-18(16)22/h1-6,11-12H,7-10,13-14H2,(H,24,26)/b23-12+. The Morgan fingerprint density at radius 2 is 2.07 bits per heavy atom. The second-order valence-electron chi connectivity index (χ2n) is 6.25. The van der Waals surface area contributed by atoms with E-state index >= 15 is 0 Å². The van der Waals surface area contributed by atoms with Crippen molar-refractivity contribution in [1.82, 2.24) is 10.3 Å². The van der Waals surface area contributed by atoms with Crippen LogP contribution in [0.25, 0.3) is 0 Å². The van der Waals surface area contributed by atoms with Crippen LogP contribution in [0.2, 0.25) is 0 Å². The van der Waals surface area contributed by atoms with E-state index in [1.807, 2.05) is 11.0 Å². The molecule has 0 radical (unpaired) electrons. The van der Waals surface area contributed by atoms with E-state index < -0.39 is 0 Å². The van der Waals surface area contributed by atoms with Gasteiger partial charge in [-0.1, -0.05) is 18.2 Å². The van der Waals surface area contributed by atoms with E-state index in [0.29, 0.717) is 35.5 Å². The van der Waals surface area contributed by atoms with Gasteiger partial charge in [0.2, 0.25) is 0 Å². The lowest BCUT2D eigenvalue weighted by molar-refractivity contribution is -0.123. The van der Waals surface area contributed by atoms with Gasteiger partial charge in [0.1, 0.15) is 18.2 Å². The number of hydrogen-bond donors (Lipinski definition) is 1. The fourth-order valence-electron chi connectivity index (χ4n) is 2.66. The summed E-state index contributed by atoms with van der Waals surface area (Å²) in [6.07, 6.45) is 1.56. The first-order chi connectivity index (χ1) is 13.6. The van der Waals surface area contributed by atoms with Gasteiger partial charge < -0.3 is 9.47 Å². The zero-order valence-electron chi connectivity index (χ0n) is 15.2. The number of rotatable bonds is 7. The summed E-state index contributed by atoms with van der Waals surface area (Å²) in [5.41, 5.74) is 3.80. The summed E-state index contributed by atoms with van der Waals surface area (Å²) in [5, 5.41) is 3.99. The highest BCUT2D eigenvalue weighted by Gasteiger charge is 2.13. The number of nitrogens with zero attached hydrogens (tertiary/aromatic N) is 2. The molecule has 0 atom stereocenters. The van der Waals surface area contributed by atoms with Gasteiger partial charge in [-0.25, -0.2) is 9.82 Å². The van der Waals surface area contributed by atoms with Crippen LogP contribution in [0.1, 0.15) is 11.1 Å². The smallest absolute Gasteiger partial charge is 0.254 e. The van der Waals surface area contributed by atoms with Crippen molar-refractivity contribution < 1.29 is 18.7 Å². The Labute approximate surface area is 171 Å². The Bertz CT molecular complexity index is 841. The van der Waals surface area contributed by atoms with Gasteiger partial charge in [-0.3, -0.25) is 9.69 Å². The third-order valence-corrected chi connectivity index (χ3v) is 4.79. The lowest BCUT2D eigenvalue weighted by Crippen LogP contribution is -2.42. The Balaban J connectivity index is 1.49. The summed E-state index contributed by atoms with van der Waals surface area (Å²) in [6.45, 7) is 3.23. The van der Waals surface area contributed by atoms with Crippen molar-refractivity contribution in [2.45, 2.75) is 6.61 Å². The number of ether oxygens (including phenoxy) is 2. The topological polar surface area (TPSA) is 63.2 Å². The average Bonchev–Trinajstić information content (AvgIpc) is 2.69. The molecule has 0 saturated carbocycles. The third kappa shape index (κ3) is 6.12. The predicted octanol–water partition coefficient (Wildman–Crippen LogP) is 2.95. The number of amides is 1. The van der Waals surface area contributed by atoms with Gasteiger partial charge in [-0.05, 0) is 45.8 Å². The largest absolute Gasteiger partial charge is 0.488 e. The normalized spacial score (nSPS) is 14.9. The van der Waals surface area contributed by atoms with Crippen molar-refractivity contribution in [2.75, 3.05) is 32.8 Å². The molecule has 0 spiro atoms. The molecule has 2 aromatic rings. The first kappa shape index (κ1) is 20.4. The molecular weight excluding hydrogens is 429 g/mol. The van der Waals surface area contributed by atoms with Crippen LogP contribution in [0.4, 0.5) is 4.39 Å². The Morgan fingerprint density at radius 3 is 2.82 bits per heavy atom. The van der Waals surface area contributed by atoms with Crippen LogP contribution in [0.15, 0.2) is 52.0 Å². The number of nitrogens with one attached hydrogen (secondary N) is 1. The van der Waals surface area contributed by atoms with E-state index in [1.165, 1.54) is 6.07 Å². The first-order valence-corrected chi connectivity index (χ1v) is 9.69. The highest BCUT2D eigenvalue weighted by Crippen LogP contribution is 2.26. The van der Waals surface area contributed by atoms with Crippen molar-refractivity contribution in [2.24, 2.45) is 5.10 Å². The van der Waals surface area contributed by atoms with Crippen molar-refractivity contribution in [1.29, 1.82) is 0 Å². The second-order valence-corrected chi connectivity index (χ2v) is 7.11. The molecule has 1 N–H and O–H groups in total. The van der Waals surface area contributed by atoms with Crippen molar-refractivity contribution in [3.63, 3.8) is 0 Å². The molecule has 28 heavy (non-hydrogen) atoms. The lowest BCUT2D eigenvalue weighted by Gasteiger charge is -2.25. The predicted molar refractivity (Wildman–Crippen MR) is 108 cm³/mol. The van der Waals surface area contributed by atoms with Crippen molar-refractivity contribution in [3.8, 4) is 5.75 Å². The average molecular weight is 450 g/mol. The quantitative estimate of drug-likeness (QED) is 0.521. The molecule has 1 saturated heterocycles. The number of halogens is 2. The molecule has 3 rings (SSSR count). The minimum atomic E-state index is -0.296. The Kier molecular flexibility index (Phi) is 7.53. The van der Waals surface area contributed by atoms with Crippen LogP contribution in [-0.4, -0.2) is 49.9 Å². The number of carbonyl (C=O) groups is 1. The summed E-state index contributed by atoms with van der Waals surface area (Å²) in [5.74, 6) is 0.133. The molecule has 1 fully saturated rings. The molecule has 6 nitrogen and oxygen atoms in total. The molecule has 0 unspecified atom stereocenters. The Morgan fingerprint density at radius 1 is 1.29 bits per heavy atom. The van der Waals surface area contributed by atoms with Crippen LogP contribution in [0, 0.1) is 5.82 Å². The van der Waals surface area contributed by atoms with Gasteiger partial charge in [0, 0.05) is 18.7 Å². The van der Waals surface area contributed by atoms with Gasteiger partial charge in [0.15, 0.2) is 0 Å². The first-order valence-electron chi connectivity index (χ1n) is 8.89. The maximum atomic E-state index is 13.7. The summed E-state index contributed by atoms with van der Waals surface area (Å²) >= 11 is 3.44. The van der Waals surface area contributed by atoms with Crippen molar-refractivity contribution >= 4 is 28.1 Å². The number of hydrazone groups is 1. The molecule has 2 aromatic carbocycles. The summed E-state index contributed by atoms with van der Waals surface area (Å²) in [6, 6.07) is 11.9.